The van der Waals surface area contributed by atoms with Crippen molar-refractivity contribution < 1.29 is 13.8 Å². The SMILES string of the molecule is CC1(C)C(=O)Nc2ccc(OCCCC=NOSc3cc(Cl)ccc3Cl)cc21. The maximum Gasteiger partial charge on any atom is 0.234 e. The van der Waals surface area contributed by atoms with Crippen LogP contribution in [0, 0.1) is 0 Å². The van der Waals surface area contributed by atoms with Crippen LogP contribution in [-0.4, -0.2) is 18.7 Å². The minimum absolute atomic E-state index is 0.00722. The standard InChI is InChI=1S/C20H20Cl2N2O3S/c1-20(2)15-12-14(6-8-17(15)24-19(20)25)26-10-4-3-9-23-27-28-18-11-13(21)5-7-16(18)22/h5-9,11-12H,3-4,10H2,1-2H3,(H,24,25). The molecule has 5 nitrogen and oxygen atoms in total. The lowest BCUT2D eigenvalue weighted by molar-refractivity contribution is -0.119. The highest BCUT2D eigenvalue weighted by molar-refractivity contribution is 7.94. The number of anilines is 1. The summed E-state index contributed by atoms with van der Waals surface area (Å²) in [5, 5.41) is 7.93. The summed E-state index contributed by atoms with van der Waals surface area (Å²) >= 11 is 13.0. The van der Waals surface area contributed by atoms with Crippen molar-refractivity contribution in [3.8, 4) is 5.75 Å². The first-order chi connectivity index (χ1) is 13.4. The quantitative estimate of drug-likeness (QED) is 0.234. The molecule has 3 rings (SSSR count). The lowest BCUT2D eigenvalue weighted by Gasteiger charge is -2.16. The summed E-state index contributed by atoms with van der Waals surface area (Å²) in [6, 6.07) is 10.8. The van der Waals surface area contributed by atoms with Crippen molar-refractivity contribution in [2.45, 2.75) is 37.0 Å². The van der Waals surface area contributed by atoms with Crippen LogP contribution in [0.2, 0.25) is 10.0 Å². The van der Waals surface area contributed by atoms with Gasteiger partial charge in [-0.05, 0) is 68.7 Å². The highest BCUT2D eigenvalue weighted by Gasteiger charge is 2.38. The molecule has 2 aromatic rings. The lowest BCUT2D eigenvalue weighted by Crippen LogP contribution is -2.26. The maximum atomic E-state index is 12.0. The molecular formula is C20H20Cl2N2O3S. The van der Waals surface area contributed by atoms with Gasteiger partial charge in [-0.1, -0.05) is 28.4 Å². The molecule has 0 aromatic heterocycles. The predicted molar refractivity (Wildman–Crippen MR) is 115 cm³/mol. The summed E-state index contributed by atoms with van der Waals surface area (Å²) in [6.45, 7) is 4.35. The molecular weight excluding hydrogens is 419 g/mol. The molecule has 0 saturated heterocycles. The summed E-state index contributed by atoms with van der Waals surface area (Å²) in [6.07, 6.45) is 3.18. The molecule has 0 fully saturated rings. The van der Waals surface area contributed by atoms with E-state index >= 15 is 0 Å². The number of halogens is 2. The van der Waals surface area contributed by atoms with Crippen LogP contribution in [0.15, 0.2) is 46.4 Å². The molecule has 28 heavy (non-hydrogen) atoms. The summed E-state index contributed by atoms with van der Waals surface area (Å²) in [4.78, 5) is 12.7. The zero-order valence-corrected chi connectivity index (χ0v) is 17.8. The van der Waals surface area contributed by atoms with Gasteiger partial charge in [0.15, 0.2) is 0 Å². The molecule has 8 heteroatoms. The topological polar surface area (TPSA) is 59.9 Å². The number of nitrogens with one attached hydrogen (secondary N) is 1. The Kier molecular flexibility index (Phi) is 6.75. The molecule has 0 radical (unpaired) electrons. The smallest absolute Gasteiger partial charge is 0.234 e. The van der Waals surface area contributed by atoms with E-state index in [0.29, 0.717) is 28.0 Å². The molecule has 1 aliphatic heterocycles. The van der Waals surface area contributed by atoms with Crippen LogP contribution in [0.25, 0.3) is 0 Å². The first-order valence-corrected chi connectivity index (χ1v) is 10.3. The number of ether oxygens (including phenoxy) is 1. The van der Waals surface area contributed by atoms with Crippen molar-refractivity contribution >= 4 is 53.1 Å². The average molecular weight is 439 g/mol. The number of fused-ring (bicyclic) bond motifs is 1. The fourth-order valence-corrected chi connectivity index (χ4v) is 3.65. The van der Waals surface area contributed by atoms with Gasteiger partial charge >= 0.3 is 0 Å². The Morgan fingerprint density at radius 2 is 2.04 bits per heavy atom. The van der Waals surface area contributed by atoms with Crippen molar-refractivity contribution in [3.63, 3.8) is 0 Å². The van der Waals surface area contributed by atoms with Crippen LogP contribution in [0.4, 0.5) is 5.69 Å². The van der Waals surface area contributed by atoms with Gasteiger partial charge in [0.1, 0.15) is 17.8 Å². The molecule has 0 aliphatic carbocycles. The predicted octanol–water partition coefficient (Wildman–Crippen LogP) is 6.09. The van der Waals surface area contributed by atoms with Crippen LogP contribution < -0.4 is 10.1 Å². The molecule has 1 aliphatic rings. The number of nitrogens with zero attached hydrogens (tertiary/aromatic N) is 1. The second-order valence-electron chi connectivity index (χ2n) is 6.80. The van der Waals surface area contributed by atoms with Crippen molar-refractivity contribution in [3.05, 3.63) is 52.0 Å². The van der Waals surface area contributed by atoms with E-state index in [1.54, 1.807) is 24.4 Å². The summed E-state index contributed by atoms with van der Waals surface area (Å²) in [5.74, 6) is 0.760. The van der Waals surface area contributed by atoms with Crippen molar-refractivity contribution in [2.75, 3.05) is 11.9 Å². The normalized spacial score (nSPS) is 14.8. The third kappa shape index (κ3) is 4.93. The van der Waals surface area contributed by atoms with Crippen LogP contribution >= 0.6 is 35.2 Å². The monoisotopic (exact) mass is 438 g/mol. The number of oxime groups is 1. The molecule has 0 saturated carbocycles. The number of carbonyl (C=O) groups is 1. The van der Waals surface area contributed by atoms with Crippen LogP contribution in [0.5, 0.6) is 5.75 Å². The molecule has 0 atom stereocenters. The minimum Gasteiger partial charge on any atom is -0.494 e. The molecule has 148 valence electrons. The van der Waals surface area contributed by atoms with Crippen LogP contribution in [-0.2, 0) is 14.5 Å². The van der Waals surface area contributed by atoms with E-state index in [2.05, 4.69) is 10.5 Å². The zero-order chi connectivity index (χ0) is 20.1. The largest absolute Gasteiger partial charge is 0.494 e. The summed E-state index contributed by atoms with van der Waals surface area (Å²) in [5.41, 5.74) is 1.27. The third-order valence-corrected chi connectivity index (χ3v) is 5.72. The highest BCUT2D eigenvalue weighted by Crippen LogP contribution is 2.39. The van der Waals surface area contributed by atoms with E-state index in [-0.39, 0.29) is 5.91 Å². The molecule has 1 amide bonds. The van der Waals surface area contributed by atoms with Crippen molar-refractivity contribution in [1.82, 2.24) is 0 Å². The average Bonchev–Trinajstić information content (AvgIpc) is 2.89. The first-order valence-electron chi connectivity index (χ1n) is 8.77. The van der Waals surface area contributed by atoms with Gasteiger partial charge in [0.25, 0.3) is 0 Å². The zero-order valence-electron chi connectivity index (χ0n) is 15.5. The molecule has 1 N–H and O–H groups in total. The molecule has 2 aromatic carbocycles. The Morgan fingerprint density at radius 1 is 1.21 bits per heavy atom. The van der Waals surface area contributed by atoms with Gasteiger partial charge in [-0.15, -0.1) is 0 Å². The maximum absolute atomic E-state index is 12.0. The Labute approximate surface area is 178 Å². The number of carbonyl (C=O) groups excluding carboxylic acids is 1. The van der Waals surface area contributed by atoms with Crippen LogP contribution in [0.3, 0.4) is 0 Å². The van der Waals surface area contributed by atoms with E-state index in [1.807, 2.05) is 32.0 Å². The van der Waals surface area contributed by atoms with Gasteiger partial charge in [-0.3, -0.25) is 4.79 Å². The summed E-state index contributed by atoms with van der Waals surface area (Å²) < 4.78 is 11.0. The highest BCUT2D eigenvalue weighted by atomic mass is 35.5. The molecule has 0 unspecified atom stereocenters. The molecule has 0 bridgehead atoms. The third-order valence-electron chi connectivity index (χ3n) is 4.36. The van der Waals surface area contributed by atoms with E-state index in [0.717, 1.165) is 35.5 Å². The van der Waals surface area contributed by atoms with Gasteiger partial charge in [0, 0.05) is 16.9 Å². The summed E-state index contributed by atoms with van der Waals surface area (Å²) in [7, 11) is 0. The molecule has 0 spiro atoms. The fourth-order valence-electron chi connectivity index (χ4n) is 2.69. The van der Waals surface area contributed by atoms with E-state index in [4.69, 9.17) is 32.2 Å². The van der Waals surface area contributed by atoms with E-state index < -0.39 is 5.41 Å². The van der Waals surface area contributed by atoms with Crippen LogP contribution in [0.1, 0.15) is 32.3 Å². The van der Waals surface area contributed by atoms with Gasteiger partial charge in [-0.25, -0.2) is 0 Å². The van der Waals surface area contributed by atoms with Crippen molar-refractivity contribution in [2.24, 2.45) is 5.16 Å². The number of hydrogen-bond donors (Lipinski definition) is 1. The van der Waals surface area contributed by atoms with E-state index in [1.165, 1.54) is 0 Å². The minimum atomic E-state index is -0.539. The number of amides is 1. The van der Waals surface area contributed by atoms with E-state index in [9.17, 15) is 4.79 Å². The first kappa shape index (κ1) is 20.8. The Bertz CT molecular complexity index is 903. The van der Waals surface area contributed by atoms with Gasteiger partial charge in [-0.2, -0.15) is 0 Å². The van der Waals surface area contributed by atoms with Gasteiger partial charge < -0.3 is 14.3 Å². The Hall–Kier alpha value is -1.89. The Morgan fingerprint density at radius 3 is 2.86 bits per heavy atom. The lowest BCUT2D eigenvalue weighted by atomic mass is 9.86. The van der Waals surface area contributed by atoms with Gasteiger partial charge in [0.2, 0.25) is 5.91 Å². The number of unbranched alkanes of at least 4 members (excludes halogenated alkanes) is 1. The fraction of sp³-hybridized carbons (Fsp3) is 0.300. The van der Waals surface area contributed by atoms with Crippen molar-refractivity contribution in [1.29, 1.82) is 0 Å². The molecule has 1 heterocycles. The Balaban J connectivity index is 1.39. The number of benzene rings is 2. The number of hydrogen-bond acceptors (Lipinski definition) is 5. The number of rotatable bonds is 8. The second-order valence-corrected chi connectivity index (χ2v) is 8.40. The van der Waals surface area contributed by atoms with Gasteiger partial charge in [0.05, 0.1) is 21.9 Å². The second kappa shape index (κ2) is 9.07.